The van der Waals surface area contributed by atoms with E-state index in [0.717, 1.165) is 0 Å². The molecule has 21 heavy (non-hydrogen) atoms. The molecule has 6 heteroatoms. The van der Waals surface area contributed by atoms with E-state index in [9.17, 15) is 23.1 Å². The summed E-state index contributed by atoms with van der Waals surface area (Å²) >= 11 is 0. The zero-order valence-electron chi connectivity index (χ0n) is 12.4. The molecule has 1 rings (SSSR count). The first-order chi connectivity index (χ1) is 9.40. The van der Waals surface area contributed by atoms with Crippen molar-refractivity contribution in [1.29, 1.82) is 0 Å². The Morgan fingerprint density at radius 1 is 1.29 bits per heavy atom. The number of hydrogen-bond acceptors (Lipinski definition) is 3. The molecular weight excluding hydrogens is 285 g/mol. The molecule has 3 nitrogen and oxygen atoms in total. The van der Waals surface area contributed by atoms with E-state index in [-0.39, 0.29) is 11.5 Å². The van der Waals surface area contributed by atoms with Crippen LogP contribution in [-0.2, 0) is 5.41 Å². The number of carbonyl (C=O) groups excluding carboxylic acids is 1. The molecule has 1 aromatic rings. The number of benzene rings is 1. The van der Waals surface area contributed by atoms with E-state index in [2.05, 4.69) is 0 Å². The normalized spacial score (nSPS) is 13.9. The van der Waals surface area contributed by atoms with Gasteiger partial charge in [-0.15, -0.1) is 0 Å². The van der Waals surface area contributed by atoms with E-state index in [1.54, 1.807) is 6.07 Å². The molecule has 0 heterocycles. The van der Waals surface area contributed by atoms with Crippen molar-refractivity contribution in [3.63, 3.8) is 0 Å². The summed E-state index contributed by atoms with van der Waals surface area (Å²) in [6.45, 7) is 6.93. The fourth-order valence-electron chi connectivity index (χ4n) is 1.82. The van der Waals surface area contributed by atoms with Gasteiger partial charge in [0.15, 0.2) is 5.78 Å². The summed E-state index contributed by atoms with van der Waals surface area (Å²) in [5.41, 5.74) is 0.563. The minimum Gasteiger partial charge on any atom is -0.464 e. The number of ketones is 1. The van der Waals surface area contributed by atoms with Crippen LogP contribution >= 0.6 is 0 Å². The van der Waals surface area contributed by atoms with Crippen molar-refractivity contribution in [2.45, 2.75) is 52.0 Å². The molecule has 1 aromatic carbocycles. The second-order valence-corrected chi connectivity index (χ2v) is 5.91. The molecule has 0 aliphatic heterocycles. The number of ether oxygens (including phenoxy) is 1. The highest BCUT2D eigenvalue weighted by Gasteiger charge is 2.33. The van der Waals surface area contributed by atoms with Crippen LogP contribution in [0.4, 0.5) is 13.2 Å². The molecule has 1 atom stereocenters. The molecule has 0 radical (unpaired) electrons. The Balaban J connectivity index is 3.09. The van der Waals surface area contributed by atoms with Crippen molar-refractivity contribution < 1.29 is 27.8 Å². The maximum absolute atomic E-state index is 12.2. The number of rotatable bonds is 4. The van der Waals surface area contributed by atoms with Gasteiger partial charge in [-0.1, -0.05) is 20.8 Å². The summed E-state index contributed by atoms with van der Waals surface area (Å²) in [4.78, 5) is 11.4. The van der Waals surface area contributed by atoms with E-state index in [1.165, 1.54) is 19.1 Å². The van der Waals surface area contributed by atoms with E-state index < -0.39 is 24.3 Å². The van der Waals surface area contributed by atoms with Crippen LogP contribution in [-0.4, -0.2) is 23.4 Å². The fourth-order valence-corrected chi connectivity index (χ4v) is 1.82. The standard InChI is InChI=1S/C15H19F3O3/c1-9(19)10-5-6-12(11(7-10)14(2,3)4)21-13(20)8-15(16,17)18/h5-7,13,20H,8H2,1-4H3/t13-/m1/s1. The third-order valence-electron chi connectivity index (χ3n) is 2.86. The average Bonchev–Trinajstić information content (AvgIpc) is 2.24. The number of hydrogen-bond donors (Lipinski definition) is 1. The Hall–Kier alpha value is -1.56. The van der Waals surface area contributed by atoms with Crippen LogP contribution in [0, 0.1) is 0 Å². The summed E-state index contributed by atoms with van der Waals surface area (Å²) < 4.78 is 41.7. The number of halogens is 3. The highest BCUT2D eigenvalue weighted by atomic mass is 19.4. The van der Waals surface area contributed by atoms with Gasteiger partial charge in [0, 0.05) is 11.1 Å². The lowest BCUT2D eigenvalue weighted by molar-refractivity contribution is -0.181. The minimum absolute atomic E-state index is 0.143. The summed E-state index contributed by atoms with van der Waals surface area (Å²) in [5.74, 6) is -0.00728. The number of alkyl halides is 3. The Morgan fingerprint density at radius 3 is 2.29 bits per heavy atom. The van der Waals surface area contributed by atoms with Gasteiger partial charge in [0.2, 0.25) is 6.29 Å². The van der Waals surface area contributed by atoms with Gasteiger partial charge in [0.25, 0.3) is 0 Å². The van der Waals surface area contributed by atoms with Gasteiger partial charge in [0.1, 0.15) is 12.2 Å². The zero-order chi connectivity index (χ0) is 16.4. The molecule has 0 bridgehead atoms. The van der Waals surface area contributed by atoms with Crippen molar-refractivity contribution >= 4 is 5.78 Å². The summed E-state index contributed by atoms with van der Waals surface area (Å²) in [7, 11) is 0. The van der Waals surface area contributed by atoms with Crippen LogP contribution in [0.1, 0.15) is 50.0 Å². The Bertz CT molecular complexity index is 516. The number of Topliss-reactive ketones (excluding diaryl/α,β-unsaturated/α-hetero) is 1. The van der Waals surface area contributed by atoms with Gasteiger partial charge in [-0.3, -0.25) is 4.79 Å². The first-order valence-corrected chi connectivity index (χ1v) is 6.47. The van der Waals surface area contributed by atoms with Crippen LogP contribution < -0.4 is 4.74 Å². The smallest absolute Gasteiger partial charge is 0.395 e. The lowest BCUT2D eigenvalue weighted by atomic mass is 9.85. The lowest BCUT2D eigenvalue weighted by Gasteiger charge is -2.25. The van der Waals surface area contributed by atoms with Gasteiger partial charge >= 0.3 is 6.18 Å². The Morgan fingerprint density at radius 2 is 1.86 bits per heavy atom. The van der Waals surface area contributed by atoms with Crippen LogP contribution in [0.5, 0.6) is 5.75 Å². The van der Waals surface area contributed by atoms with E-state index >= 15 is 0 Å². The Kier molecular flexibility index (Phi) is 5.04. The van der Waals surface area contributed by atoms with Crippen molar-refractivity contribution in [2.75, 3.05) is 0 Å². The molecule has 0 spiro atoms. The molecule has 0 aromatic heterocycles. The number of aliphatic hydroxyl groups is 1. The third-order valence-corrected chi connectivity index (χ3v) is 2.86. The number of carbonyl (C=O) groups is 1. The second kappa shape index (κ2) is 6.05. The van der Waals surface area contributed by atoms with E-state index in [4.69, 9.17) is 4.74 Å². The van der Waals surface area contributed by atoms with Crippen molar-refractivity contribution in [3.05, 3.63) is 29.3 Å². The molecule has 0 saturated heterocycles. The molecule has 0 aliphatic rings. The maximum Gasteiger partial charge on any atom is 0.395 e. The van der Waals surface area contributed by atoms with Gasteiger partial charge in [0.05, 0.1) is 0 Å². The molecule has 0 saturated carbocycles. The third kappa shape index (κ3) is 5.38. The predicted molar refractivity (Wildman–Crippen MR) is 72.5 cm³/mol. The highest BCUT2D eigenvalue weighted by Crippen LogP contribution is 2.34. The topological polar surface area (TPSA) is 46.5 Å². The van der Waals surface area contributed by atoms with Crippen molar-refractivity contribution in [1.82, 2.24) is 0 Å². The van der Waals surface area contributed by atoms with Gasteiger partial charge in [-0.25, -0.2) is 0 Å². The van der Waals surface area contributed by atoms with Gasteiger partial charge in [-0.2, -0.15) is 13.2 Å². The molecule has 0 unspecified atom stereocenters. The van der Waals surface area contributed by atoms with Crippen LogP contribution in [0.2, 0.25) is 0 Å². The zero-order valence-corrected chi connectivity index (χ0v) is 12.4. The molecule has 0 amide bonds. The maximum atomic E-state index is 12.2. The SMILES string of the molecule is CC(=O)c1ccc(O[C@@H](O)CC(F)(F)F)c(C(C)(C)C)c1. The second-order valence-electron chi connectivity index (χ2n) is 5.91. The van der Waals surface area contributed by atoms with Gasteiger partial charge in [-0.05, 0) is 30.5 Å². The number of aliphatic hydroxyl groups excluding tert-OH is 1. The van der Waals surface area contributed by atoms with Crippen molar-refractivity contribution in [2.24, 2.45) is 0 Å². The summed E-state index contributed by atoms with van der Waals surface area (Å²) in [6.07, 6.45) is -7.94. The Labute approximate surface area is 121 Å². The van der Waals surface area contributed by atoms with Crippen LogP contribution in [0.3, 0.4) is 0 Å². The molecule has 118 valence electrons. The fraction of sp³-hybridized carbons (Fsp3) is 0.533. The molecule has 1 N–H and O–H groups in total. The highest BCUT2D eigenvalue weighted by molar-refractivity contribution is 5.94. The molecule has 0 fully saturated rings. The van der Waals surface area contributed by atoms with Crippen LogP contribution in [0.25, 0.3) is 0 Å². The average molecular weight is 304 g/mol. The first kappa shape index (κ1) is 17.5. The minimum atomic E-state index is -4.51. The van der Waals surface area contributed by atoms with E-state index in [1.807, 2.05) is 20.8 Å². The molecular formula is C15H19F3O3. The lowest BCUT2D eigenvalue weighted by Crippen LogP contribution is -2.26. The quantitative estimate of drug-likeness (QED) is 0.679. The first-order valence-electron chi connectivity index (χ1n) is 6.47. The monoisotopic (exact) mass is 304 g/mol. The summed E-state index contributed by atoms with van der Waals surface area (Å²) in [5, 5.41) is 9.40. The predicted octanol–water partition coefficient (Wildman–Crippen LogP) is 3.84. The van der Waals surface area contributed by atoms with E-state index in [0.29, 0.717) is 11.1 Å². The van der Waals surface area contributed by atoms with Gasteiger partial charge < -0.3 is 9.84 Å². The van der Waals surface area contributed by atoms with Crippen molar-refractivity contribution in [3.8, 4) is 5.75 Å². The largest absolute Gasteiger partial charge is 0.464 e. The molecule has 0 aliphatic carbocycles. The van der Waals surface area contributed by atoms with Crippen LogP contribution in [0.15, 0.2) is 18.2 Å². The summed E-state index contributed by atoms with van der Waals surface area (Å²) in [6, 6.07) is 4.46.